The standard InChI is InChI=1S/C12H11NO3/c1-8(14)12(2)11(15)16-10(13-12)9-6-4-3-5-7-9/h3-7H,1-2H3/t12-/m0/s1. The maximum atomic E-state index is 11.6. The van der Waals surface area contributed by atoms with Crippen LogP contribution in [0.5, 0.6) is 0 Å². The summed E-state index contributed by atoms with van der Waals surface area (Å²) in [6.07, 6.45) is 0. The van der Waals surface area contributed by atoms with E-state index in [2.05, 4.69) is 4.99 Å². The molecule has 1 aliphatic heterocycles. The quantitative estimate of drug-likeness (QED) is 0.554. The molecule has 16 heavy (non-hydrogen) atoms. The first kappa shape index (κ1) is 10.5. The van der Waals surface area contributed by atoms with Gasteiger partial charge in [-0.1, -0.05) is 18.2 Å². The van der Waals surface area contributed by atoms with E-state index in [-0.39, 0.29) is 11.7 Å². The maximum Gasteiger partial charge on any atom is 0.348 e. The predicted molar refractivity (Wildman–Crippen MR) is 58.2 cm³/mol. The van der Waals surface area contributed by atoms with Crippen molar-refractivity contribution in [3.05, 3.63) is 35.9 Å². The van der Waals surface area contributed by atoms with Crippen molar-refractivity contribution in [3.8, 4) is 0 Å². The molecule has 4 nitrogen and oxygen atoms in total. The molecule has 4 heteroatoms. The van der Waals surface area contributed by atoms with Crippen molar-refractivity contribution in [1.29, 1.82) is 0 Å². The third kappa shape index (κ3) is 1.52. The summed E-state index contributed by atoms with van der Waals surface area (Å²) in [7, 11) is 0. The van der Waals surface area contributed by atoms with E-state index in [0.717, 1.165) is 0 Å². The Morgan fingerprint density at radius 3 is 2.44 bits per heavy atom. The molecule has 1 aromatic rings. The fourth-order valence-electron chi connectivity index (χ4n) is 1.39. The van der Waals surface area contributed by atoms with Crippen LogP contribution in [-0.2, 0) is 14.3 Å². The van der Waals surface area contributed by atoms with E-state index in [1.54, 1.807) is 12.1 Å². The van der Waals surface area contributed by atoms with Crippen LogP contribution in [0, 0.1) is 0 Å². The maximum absolute atomic E-state index is 11.6. The Morgan fingerprint density at radius 1 is 1.31 bits per heavy atom. The Kier molecular flexibility index (Phi) is 2.34. The highest BCUT2D eigenvalue weighted by molar-refractivity contribution is 6.17. The van der Waals surface area contributed by atoms with E-state index in [9.17, 15) is 9.59 Å². The molecular weight excluding hydrogens is 206 g/mol. The third-order valence-electron chi connectivity index (χ3n) is 2.62. The SMILES string of the molecule is CC(=O)[C@]1(C)N=C(c2ccccc2)OC1=O. The minimum absolute atomic E-state index is 0.211. The smallest absolute Gasteiger partial charge is 0.348 e. The fraction of sp³-hybridized carbons (Fsp3) is 0.250. The molecule has 2 rings (SSSR count). The first-order valence-electron chi connectivity index (χ1n) is 4.92. The second-order valence-electron chi connectivity index (χ2n) is 3.80. The highest BCUT2D eigenvalue weighted by atomic mass is 16.6. The number of cyclic esters (lactones) is 1. The van der Waals surface area contributed by atoms with Crippen molar-refractivity contribution >= 4 is 17.7 Å². The fourth-order valence-corrected chi connectivity index (χ4v) is 1.39. The summed E-state index contributed by atoms with van der Waals surface area (Å²) in [4.78, 5) is 27.0. The lowest BCUT2D eigenvalue weighted by Gasteiger charge is -2.09. The van der Waals surface area contributed by atoms with E-state index in [1.807, 2.05) is 18.2 Å². The summed E-state index contributed by atoms with van der Waals surface area (Å²) < 4.78 is 5.01. The van der Waals surface area contributed by atoms with Crippen LogP contribution in [0.1, 0.15) is 19.4 Å². The second kappa shape index (κ2) is 3.56. The molecule has 1 heterocycles. The van der Waals surface area contributed by atoms with E-state index in [1.165, 1.54) is 13.8 Å². The van der Waals surface area contributed by atoms with Crippen LogP contribution in [0.15, 0.2) is 35.3 Å². The predicted octanol–water partition coefficient (Wildman–Crippen LogP) is 1.34. The normalized spacial score (nSPS) is 23.9. The first-order chi connectivity index (χ1) is 7.54. The van der Waals surface area contributed by atoms with Crippen LogP contribution < -0.4 is 0 Å². The minimum Gasteiger partial charge on any atom is -0.405 e. The first-order valence-corrected chi connectivity index (χ1v) is 4.92. The molecule has 0 saturated carbocycles. The molecule has 0 bridgehead atoms. The molecule has 0 N–H and O–H groups in total. The highest BCUT2D eigenvalue weighted by Gasteiger charge is 2.46. The number of benzene rings is 1. The number of carbonyl (C=O) groups is 2. The highest BCUT2D eigenvalue weighted by Crippen LogP contribution is 2.23. The van der Waals surface area contributed by atoms with Crippen molar-refractivity contribution in [2.24, 2.45) is 4.99 Å². The minimum atomic E-state index is -1.38. The number of esters is 1. The zero-order valence-electron chi connectivity index (χ0n) is 9.06. The molecule has 0 radical (unpaired) electrons. The van der Waals surface area contributed by atoms with Crippen LogP contribution in [0.25, 0.3) is 0 Å². The van der Waals surface area contributed by atoms with Gasteiger partial charge in [0.2, 0.25) is 11.4 Å². The number of ketones is 1. The van der Waals surface area contributed by atoms with Gasteiger partial charge < -0.3 is 4.74 Å². The van der Waals surface area contributed by atoms with E-state index in [4.69, 9.17) is 4.74 Å². The molecule has 0 saturated heterocycles. The van der Waals surface area contributed by atoms with Gasteiger partial charge in [-0.25, -0.2) is 9.79 Å². The van der Waals surface area contributed by atoms with Crippen molar-refractivity contribution in [2.45, 2.75) is 19.4 Å². The van der Waals surface area contributed by atoms with Crippen LogP contribution in [-0.4, -0.2) is 23.2 Å². The zero-order valence-corrected chi connectivity index (χ0v) is 9.06. The molecule has 0 aromatic heterocycles. The molecule has 0 unspecified atom stereocenters. The number of Topliss-reactive ketones (excluding diaryl/α,β-unsaturated/α-hetero) is 1. The third-order valence-corrected chi connectivity index (χ3v) is 2.62. The van der Waals surface area contributed by atoms with E-state index < -0.39 is 11.5 Å². The van der Waals surface area contributed by atoms with Gasteiger partial charge in [-0.3, -0.25) is 4.79 Å². The zero-order chi connectivity index (χ0) is 11.8. The number of rotatable bonds is 2. The molecule has 0 fully saturated rings. The monoisotopic (exact) mass is 217 g/mol. The number of nitrogens with zero attached hydrogens (tertiary/aromatic N) is 1. The Bertz CT molecular complexity index is 478. The molecule has 1 aliphatic rings. The number of aliphatic imine (C=N–C) groups is 1. The van der Waals surface area contributed by atoms with Crippen molar-refractivity contribution in [3.63, 3.8) is 0 Å². The van der Waals surface area contributed by atoms with Gasteiger partial charge >= 0.3 is 5.97 Å². The van der Waals surface area contributed by atoms with Gasteiger partial charge in [0.25, 0.3) is 0 Å². The Balaban J connectivity index is 2.41. The number of hydrogen-bond acceptors (Lipinski definition) is 4. The lowest BCUT2D eigenvalue weighted by Crippen LogP contribution is -2.37. The molecule has 0 amide bonds. The Morgan fingerprint density at radius 2 is 1.94 bits per heavy atom. The van der Waals surface area contributed by atoms with Gasteiger partial charge in [0.15, 0.2) is 5.78 Å². The van der Waals surface area contributed by atoms with Crippen molar-refractivity contribution in [1.82, 2.24) is 0 Å². The summed E-state index contributed by atoms with van der Waals surface area (Å²) in [5.41, 5.74) is -0.689. The Hall–Kier alpha value is -1.97. The van der Waals surface area contributed by atoms with Crippen LogP contribution >= 0.6 is 0 Å². The Labute approximate surface area is 92.9 Å². The topological polar surface area (TPSA) is 55.7 Å². The molecule has 0 spiro atoms. The summed E-state index contributed by atoms with van der Waals surface area (Å²) in [6, 6.07) is 9.03. The number of carbonyl (C=O) groups excluding carboxylic acids is 2. The molecule has 82 valence electrons. The molecule has 1 aromatic carbocycles. The summed E-state index contributed by atoms with van der Waals surface area (Å²) in [6.45, 7) is 2.80. The van der Waals surface area contributed by atoms with Crippen LogP contribution in [0.4, 0.5) is 0 Å². The average molecular weight is 217 g/mol. The average Bonchev–Trinajstić information content (AvgIpc) is 2.58. The van der Waals surface area contributed by atoms with Gasteiger partial charge in [-0.2, -0.15) is 0 Å². The lowest BCUT2D eigenvalue weighted by molar-refractivity contribution is -0.142. The van der Waals surface area contributed by atoms with Gasteiger partial charge in [-0.05, 0) is 26.0 Å². The van der Waals surface area contributed by atoms with Gasteiger partial charge in [0, 0.05) is 5.56 Å². The second-order valence-corrected chi connectivity index (χ2v) is 3.80. The molecular formula is C12H11NO3. The van der Waals surface area contributed by atoms with Gasteiger partial charge in [0.05, 0.1) is 0 Å². The number of ether oxygens (including phenoxy) is 1. The largest absolute Gasteiger partial charge is 0.405 e. The summed E-state index contributed by atoms with van der Waals surface area (Å²) in [5.74, 6) is -0.717. The molecule has 0 aliphatic carbocycles. The van der Waals surface area contributed by atoms with Crippen molar-refractivity contribution < 1.29 is 14.3 Å². The summed E-state index contributed by atoms with van der Waals surface area (Å²) >= 11 is 0. The van der Waals surface area contributed by atoms with E-state index in [0.29, 0.717) is 5.56 Å². The molecule has 1 atom stereocenters. The lowest BCUT2D eigenvalue weighted by atomic mass is 10.00. The van der Waals surface area contributed by atoms with E-state index >= 15 is 0 Å². The van der Waals surface area contributed by atoms with Crippen LogP contribution in [0.2, 0.25) is 0 Å². The van der Waals surface area contributed by atoms with Gasteiger partial charge in [-0.15, -0.1) is 0 Å². The van der Waals surface area contributed by atoms with Gasteiger partial charge in [0.1, 0.15) is 0 Å². The van der Waals surface area contributed by atoms with Crippen molar-refractivity contribution in [2.75, 3.05) is 0 Å². The van der Waals surface area contributed by atoms with Crippen LogP contribution in [0.3, 0.4) is 0 Å². The number of hydrogen-bond donors (Lipinski definition) is 0. The summed E-state index contributed by atoms with van der Waals surface area (Å²) in [5, 5.41) is 0.